The molecule has 2 amide bonds. The summed E-state index contributed by atoms with van der Waals surface area (Å²) in [5.41, 5.74) is 2.17. The summed E-state index contributed by atoms with van der Waals surface area (Å²) in [4.78, 5) is 12.1. The first kappa shape index (κ1) is 15.9. The maximum absolute atomic E-state index is 12.1. The van der Waals surface area contributed by atoms with Gasteiger partial charge in [-0.05, 0) is 61.4 Å². The average molecular weight is 329 g/mol. The van der Waals surface area contributed by atoms with Crippen molar-refractivity contribution in [3.63, 3.8) is 0 Å². The van der Waals surface area contributed by atoms with E-state index < -0.39 is 0 Å². The van der Waals surface area contributed by atoms with Crippen molar-refractivity contribution in [3.05, 3.63) is 65.2 Å². The Bertz CT molecular complexity index is 634. The molecule has 0 unspecified atom stereocenters. The molecule has 4 heteroatoms. The van der Waals surface area contributed by atoms with Crippen LogP contribution in [0, 0.1) is 0 Å². The summed E-state index contributed by atoms with van der Waals surface area (Å²) in [5.74, 6) is 0.619. The van der Waals surface area contributed by atoms with Gasteiger partial charge in [0.15, 0.2) is 0 Å². The largest absolute Gasteiger partial charge is 0.335 e. The van der Waals surface area contributed by atoms with Crippen LogP contribution in [-0.2, 0) is 0 Å². The molecular weight excluding hydrogens is 308 g/mol. The minimum atomic E-state index is -0.143. The summed E-state index contributed by atoms with van der Waals surface area (Å²) in [7, 11) is 0. The Morgan fingerprint density at radius 2 is 1.57 bits per heavy atom. The van der Waals surface area contributed by atoms with Gasteiger partial charge >= 0.3 is 6.03 Å². The number of amides is 2. The van der Waals surface area contributed by atoms with Gasteiger partial charge in [-0.1, -0.05) is 41.9 Å². The number of carbonyl (C=O) groups excluding carboxylic acids is 1. The molecule has 1 aliphatic carbocycles. The lowest BCUT2D eigenvalue weighted by molar-refractivity contribution is 0.242. The maximum Gasteiger partial charge on any atom is 0.319 e. The summed E-state index contributed by atoms with van der Waals surface area (Å²) >= 11 is 5.84. The molecule has 0 heterocycles. The van der Waals surface area contributed by atoms with Crippen LogP contribution >= 0.6 is 11.6 Å². The molecule has 2 N–H and O–H groups in total. The monoisotopic (exact) mass is 328 g/mol. The van der Waals surface area contributed by atoms with Gasteiger partial charge in [0.1, 0.15) is 0 Å². The second-order valence-corrected chi connectivity index (χ2v) is 6.50. The number of carbonyl (C=O) groups is 1. The van der Waals surface area contributed by atoms with E-state index in [4.69, 9.17) is 11.6 Å². The first-order valence-corrected chi connectivity index (χ1v) is 8.46. The maximum atomic E-state index is 12.1. The van der Waals surface area contributed by atoms with Crippen molar-refractivity contribution in [2.75, 3.05) is 5.32 Å². The summed E-state index contributed by atoms with van der Waals surface area (Å²) in [6, 6.07) is 17.9. The van der Waals surface area contributed by atoms with Gasteiger partial charge in [0, 0.05) is 16.8 Å². The van der Waals surface area contributed by atoms with E-state index in [2.05, 4.69) is 41.0 Å². The predicted octanol–water partition coefficient (Wildman–Crippen LogP) is 5.19. The number of nitrogens with one attached hydrogen (secondary N) is 2. The number of benzene rings is 2. The zero-order valence-corrected chi connectivity index (χ0v) is 13.7. The van der Waals surface area contributed by atoms with Gasteiger partial charge in [-0.15, -0.1) is 0 Å². The molecule has 0 aliphatic heterocycles. The molecule has 2 aromatic carbocycles. The Hall–Kier alpha value is -2.00. The number of anilines is 1. The fraction of sp³-hybridized carbons (Fsp3) is 0.316. The smallest absolute Gasteiger partial charge is 0.319 e. The van der Waals surface area contributed by atoms with E-state index >= 15 is 0 Å². The average Bonchev–Trinajstić information content (AvgIpc) is 2.58. The molecular formula is C19H21ClN2O. The van der Waals surface area contributed by atoms with E-state index in [1.807, 2.05) is 0 Å². The van der Waals surface area contributed by atoms with Gasteiger partial charge in [-0.2, -0.15) is 0 Å². The highest BCUT2D eigenvalue weighted by Crippen LogP contribution is 2.32. The third-order valence-electron chi connectivity index (χ3n) is 4.44. The van der Waals surface area contributed by atoms with E-state index in [0.717, 1.165) is 31.4 Å². The lowest BCUT2D eigenvalue weighted by atomic mass is 9.82. The van der Waals surface area contributed by atoms with Gasteiger partial charge in [-0.25, -0.2) is 4.79 Å². The number of hydrogen-bond donors (Lipinski definition) is 2. The standard InChI is InChI=1S/C19H21ClN2O/c20-16-8-12-18(13-9-16)22-19(23)21-17-10-6-15(7-11-17)14-4-2-1-3-5-14/h1-5,8-9,12-13,15,17H,6-7,10-11H2,(H2,21,22,23)/t15-,17+. The van der Waals surface area contributed by atoms with E-state index in [0.29, 0.717) is 10.9 Å². The van der Waals surface area contributed by atoms with E-state index in [-0.39, 0.29) is 12.1 Å². The SMILES string of the molecule is O=C(Nc1ccc(Cl)cc1)N[C@H]1CC[C@@H](c2ccccc2)CC1. The molecule has 0 atom stereocenters. The van der Waals surface area contributed by atoms with Gasteiger partial charge in [0.25, 0.3) is 0 Å². The summed E-state index contributed by atoms with van der Waals surface area (Å²) in [6.07, 6.45) is 4.28. The Kier molecular flexibility index (Phi) is 5.19. The van der Waals surface area contributed by atoms with Crippen LogP contribution in [0.2, 0.25) is 5.02 Å². The number of hydrogen-bond acceptors (Lipinski definition) is 1. The lowest BCUT2D eigenvalue weighted by Crippen LogP contribution is -2.39. The molecule has 0 radical (unpaired) electrons. The highest BCUT2D eigenvalue weighted by Gasteiger charge is 2.23. The van der Waals surface area contributed by atoms with Gasteiger partial charge < -0.3 is 10.6 Å². The minimum Gasteiger partial charge on any atom is -0.335 e. The molecule has 120 valence electrons. The third kappa shape index (κ3) is 4.49. The Labute approximate surface area is 142 Å². The summed E-state index contributed by atoms with van der Waals surface area (Å²) < 4.78 is 0. The van der Waals surface area contributed by atoms with Crippen LogP contribution in [0.3, 0.4) is 0 Å². The van der Waals surface area contributed by atoms with Crippen molar-refractivity contribution in [3.8, 4) is 0 Å². The first-order valence-electron chi connectivity index (χ1n) is 8.09. The Morgan fingerprint density at radius 1 is 0.913 bits per heavy atom. The van der Waals surface area contributed by atoms with E-state index in [1.54, 1.807) is 24.3 Å². The van der Waals surface area contributed by atoms with Crippen molar-refractivity contribution in [1.82, 2.24) is 5.32 Å². The van der Waals surface area contributed by atoms with Crippen molar-refractivity contribution >= 4 is 23.3 Å². The van der Waals surface area contributed by atoms with Gasteiger partial charge in [0.05, 0.1) is 0 Å². The van der Waals surface area contributed by atoms with E-state index in [1.165, 1.54) is 5.56 Å². The van der Waals surface area contributed by atoms with Crippen molar-refractivity contribution in [1.29, 1.82) is 0 Å². The molecule has 23 heavy (non-hydrogen) atoms. The zero-order chi connectivity index (χ0) is 16.1. The fourth-order valence-electron chi connectivity index (χ4n) is 3.18. The molecule has 3 rings (SSSR count). The van der Waals surface area contributed by atoms with Crippen LogP contribution < -0.4 is 10.6 Å². The van der Waals surface area contributed by atoms with E-state index in [9.17, 15) is 4.79 Å². The van der Waals surface area contributed by atoms with Crippen LogP contribution in [0.4, 0.5) is 10.5 Å². The molecule has 0 spiro atoms. The summed E-state index contributed by atoms with van der Waals surface area (Å²) in [5, 5.41) is 6.58. The van der Waals surface area contributed by atoms with Crippen molar-refractivity contribution in [2.45, 2.75) is 37.6 Å². The Balaban J connectivity index is 1.47. The second kappa shape index (κ2) is 7.51. The molecule has 1 aliphatic rings. The van der Waals surface area contributed by atoms with Gasteiger partial charge in [0.2, 0.25) is 0 Å². The fourth-order valence-corrected chi connectivity index (χ4v) is 3.31. The van der Waals surface area contributed by atoms with Gasteiger partial charge in [-0.3, -0.25) is 0 Å². The van der Waals surface area contributed by atoms with Crippen LogP contribution in [0.25, 0.3) is 0 Å². The minimum absolute atomic E-state index is 0.143. The van der Waals surface area contributed by atoms with Crippen LogP contribution in [0.5, 0.6) is 0 Å². The second-order valence-electron chi connectivity index (χ2n) is 6.06. The van der Waals surface area contributed by atoms with Crippen LogP contribution in [0.15, 0.2) is 54.6 Å². The zero-order valence-electron chi connectivity index (χ0n) is 13.0. The number of urea groups is 1. The normalized spacial score (nSPS) is 20.7. The first-order chi connectivity index (χ1) is 11.2. The summed E-state index contributed by atoms with van der Waals surface area (Å²) in [6.45, 7) is 0. The highest BCUT2D eigenvalue weighted by atomic mass is 35.5. The molecule has 0 aromatic heterocycles. The molecule has 3 nitrogen and oxygen atoms in total. The van der Waals surface area contributed by atoms with Crippen molar-refractivity contribution < 1.29 is 4.79 Å². The molecule has 1 fully saturated rings. The molecule has 1 saturated carbocycles. The van der Waals surface area contributed by atoms with Crippen LogP contribution in [0.1, 0.15) is 37.2 Å². The quantitative estimate of drug-likeness (QED) is 0.800. The van der Waals surface area contributed by atoms with Crippen LogP contribution in [-0.4, -0.2) is 12.1 Å². The van der Waals surface area contributed by atoms with Crippen molar-refractivity contribution in [2.24, 2.45) is 0 Å². The lowest BCUT2D eigenvalue weighted by Gasteiger charge is -2.29. The molecule has 0 saturated heterocycles. The molecule has 2 aromatic rings. The Morgan fingerprint density at radius 3 is 2.22 bits per heavy atom. The third-order valence-corrected chi connectivity index (χ3v) is 4.69. The highest BCUT2D eigenvalue weighted by molar-refractivity contribution is 6.30. The molecule has 0 bridgehead atoms. The number of rotatable bonds is 3. The topological polar surface area (TPSA) is 41.1 Å². The number of halogens is 1. The predicted molar refractivity (Wildman–Crippen MR) is 95.0 cm³/mol.